The summed E-state index contributed by atoms with van der Waals surface area (Å²) in [4.78, 5) is 11.1. The molecule has 0 aliphatic carbocycles. The van der Waals surface area contributed by atoms with Gasteiger partial charge in [0.2, 0.25) is 0 Å². The summed E-state index contributed by atoms with van der Waals surface area (Å²) in [5.41, 5.74) is 7.93. The molecular weight excluding hydrogens is 481 g/mol. The van der Waals surface area contributed by atoms with E-state index in [-0.39, 0.29) is 24.0 Å². The van der Waals surface area contributed by atoms with Crippen LogP contribution in [0.5, 0.6) is 5.75 Å². The molecule has 0 spiro atoms. The maximum Gasteiger partial charge on any atom is 0.188 e. The molecule has 3 rings (SSSR count). The molecule has 2 aromatic rings. The molecular formula is C21H30IN5O2. The quantitative estimate of drug-likeness (QED) is 0.233. The van der Waals surface area contributed by atoms with Crippen molar-refractivity contribution in [1.29, 1.82) is 0 Å². The van der Waals surface area contributed by atoms with Crippen LogP contribution in [0.15, 0.2) is 53.7 Å². The predicted octanol–water partition coefficient (Wildman–Crippen LogP) is 2.41. The summed E-state index contributed by atoms with van der Waals surface area (Å²) in [6.45, 7) is 6.54. The van der Waals surface area contributed by atoms with Crippen LogP contribution >= 0.6 is 24.0 Å². The average Bonchev–Trinajstić information content (AvgIpc) is 2.76. The van der Waals surface area contributed by atoms with Crippen molar-refractivity contribution in [1.82, 2.24) is 15.2 Å². The Balaban J connectivity index is 0.00000300. The zero-order valence-corrected chi connectivity index (χ0v) is 19.0. The average molecular weight is 511 g/mol. The van der Waals surface area contributed by atoms with E-state index in [1.165, 1.54) is 0 Å². The molecule has 0 saturated carbocycles. The number of nitrogens with two attached hydrogens (primary N) is 1. The molecule has 0 amide bonds. The molecule has 0 unspecified atom stereocenters. The van der Waals surface area contributed by atoms with Crippen LogP contribution in [-0.4, -0.2) is 55.2 Å². The fourth-order valence-corrected chi connectivity index (χ4v) is 2.95. The zero-order chi connectivity index (χ0) is 19.4. The first-order chi connectivity index (χ1) is 13.8. The van der Waals surface area contributed by atoms with Gasteiger partial charge in [-0.15, -0.1) is 24.0 Å². The maximum atomic E-state index is 5.98. The van der Waals surface area contributed by atoms with E-state index in [0.717, 1.165) is 62.8 Å². The topological polar surface area (TPSA) is 85.0 Å². The highest BCUT2D eigenvalue weighted by molar-refractivity contribution is 14.0. The second kappa shape index (κ2) is 13.3. The van der Waals surface area contributed by atoms with Gasteiger partial charge >= 0.3 is 0 Å². The highest BCUT2D eigenvalue weighted by atomic mass is 127. The van der Waals surface area contributed by atoms with Gasteiger partial charge in [-0.2, -0.15) is 0 Å². The van der Waals surface area contributed by atoms with Gasteiger partial charge < -0.3 is 20.5 Å². The summed E-state index contributed by atoms with van der Waals surface area (Å²) in [6, 6.07) is 13.7. The Labute approximate surface area is 189 Å². The molecule has 1 saturated heterocycles. The molecule has 1 aliphatic heterocycles. The highest BCUT2D eigenvalue weighted by Gasteiger charge is 2.09. The van der Waals surface area contributed by atoms with Crippen LogP contribution in [-0.2, 0) is 17.9 Å². The van der Waals surface area contributed by atoms with Crippen molar-refractivity contribution in [3.8, 4) is 5.75 Å². The lowest BCUT2D eigenvalue weighted by molar-refractivity contribution is 0.0376. The Kier molecular flexibility index (Phi) is 10.7. The van der Waals surface area contributed by atoms with Gasteiger partial charge in [-0.05, 0) is 42.8 Å². The summed E-state index contributed by atoms with van der Waals surface area (Å²) >= 11 is 0. The number of rotatable bonds is 9. The molecule has 3 N–H and O–H groups in total. The minimum Gasteiger partial charge on any atom is -0.487 e. The Morgan fingerprint density at radius 1 is 1.21 bits per heavy atom. The number of hydrogen-bond acceptors (Lipinski definition) is 5. The van der Waals surface area contributed by atoms with Gasteiger partial charge in [0, 0.05) is 25.8 Å². The van der Waals surface area contributed by atoms with E-state index in [9.17, 15) is 0 Å². The molecule has 0 bridgehead atoms. The number of benzene rings is 1. The van der Waals surface area contributed by atoms with E-state index < -0.39 is 0 Å². The molecule has 1 fully saturated rings. The van der Waals surface area contributed by atoms with Gasteiger partial charge in [-0.25, -0.2) is 4.99 Å². The number of halogens is 1. The van der Waals surface area contributed by atoms with Crippen LogP contribution in [0.2, 0.25) is 0 Å². The van der Waals surface area contributed by atoms with E-state index in [1.54, 1.807) is 6.20 Å². The van der Waals surface area contributed by atoms with Crippen LogP contribution in [0.3, 0.4) is 0 Å². The van der Waals surface area contributed by atoms with Gasteiger partial charge in [-0.3, -0.25) is 9.88 Å². The highest BCUT2D eigenvalue weighted by Crippen LogP contribution is 2.15. The first kappa shape index (κ1) is 23.4. The summed E-state index contributed by atoms with van der Waals surface area (Å²) < 4.78 is 11.2. The molecule has 1 aromatic heterocycles. The number of guanidine groups is 1. The van der Waals surface area contributed by atoms with Crippen molar-refractivity contribution < 1.29 is 9.47 Å². The number of aromatic nitrogens is 1. The van der Waals surface area contributed by atoms with E-state index in [0.29, 0.717) is 19.1 Å². The zero-order valence-electron chi connectivity index (χ0n) is 16.6. The van der Waals surface area contributed by atoms with Crippen LogP contribution in [0.25, 0.3) is 0 Å². The summed E-state index contributed by atoms with van der Waals surface area (Å²) in [7, 11) is 0. The molecule has 0 atom stereocenters. The SMILES string of the molecule is I.NC(=NCc1cccc(OCc2ccccn2)c1)NCCCN1CCOCC1. The fraction of sp³-hybridized carbons (Fsp3) is 0.429. The standard InChI is InChI=1S/C21H29N5O2.HI/c22-21(24-9-4-10-26-11-13-27-14-12-26)25-16-18-5-3-7-20(15-18)28-17-19-6-1-2-8-23-19;/h1-3,5-8,15H,4,9-14,16-17H2,(H3,22,24,25);1H. The number of hydrogen-bond donors (Lipinski definition) is 2. The molecule has 0 radical (unpaired) electrons. The lowest BCUT2D eigenvalue weighted by Crippen LogP contribution is -2.39. The minimum atomic E-state index is 0. The van der Waals surface area contributed by atoms with Crippen molar-refractivity contribution in [3.05, 3.63) is 59.9 Å². The Morgan fingerprint density at radius 3 is 2.86 bits per heavy atom. The second-order valence-electron chi connectivity index (χ2n) is 6.69. The van der Waals surface area contributed by atoms with Gasteiger partial charge in [0.05, 0.1) is 25.5 Å². The molecule has 2 heterocycles. The van der Waals surface area contributed by atoms with Gasteiger partial charge in [0.25, 0.3) is 0 Å². The predicted molar refractivity (Wildman–Crippen MR) is 126 cm³/mol. The Hall–Kier alpha value is -1.91. The number of nitrogens with zero attached hydrogens (tertiary/aromatic N) is 3. The summed E-state index contributed by atoms with van der Waals surface area (Å²) in [5.74, 6) is 1.28. The number of aliphatic imine (C=N–C) groups is 1. The first-order valence-electron chi connectivity index (χ1n) is 9.75. The summed E-state index contributed by atoms with van der Waals surface area (Å²) in [6.07, 6.45) is 2.80. The molecule has 7 nitrogen and oxygen atoms in total. The van der Waals surface area contributed by atoms with Crippen molar-refractivity contribution in [3.63, 3.8) is 0 Å². The summed E-state index contributed by atoms with van der Waals surface area (Å²) in [5, 5.41) is 3.18. The molecule has 158 valence electrons. The van der Waals surface area contributed by atoms with Crippen LogP contribution in [0.4, 0.5) is 0 Å². The number of pyridine rings is 1. The monoisotopic (exact) mass is 511 g/mol. The molecule has 1 aliphatic rings. The Morgan fingerprint density at radius 2 is 2.07 bits per heavy atom. The molecule has 1 aromatic carbocycles. The fourth-order valence-electron chi connectivity index (χ4n) is 2.95. The number of nitrogens with one attached hydrogen (secondary N) is 1. The van der Waals surface area contributed by atoms with E-state index in [1.807, 2.05) is 42.5 Å². The van der Waals surface area contributed by atoms with Crippen molar-refractivity contribution in [2.24, 2.45) is 10.7 Å². The van der Waals surface area contributed by atoms with Gasteiger partial charge in [0.1, 0.15) is 12.4 Å². The van der Waals surface area contributed by atoms with Crippen molar-refractivity contribution >= 4 is 29.9 Å². The van der Waals surface area contributed by atoms with Crippen LogP contribution < -0.4 is 15.8 Å². The number of ether oxygens (including phenoxy) is 2. The normalized spacial score (nSPS) is 14.8. The largest absolute Gasteiger partial charge is 0.487 e. The van der Waals surface area contributed by atoms with Gasteiger partial charge in [-0.1, -0.05) is 18.2 Å². The molecule has 29 heavy (non-hydrogen) atoms. The smallest absolute Gasteiger partial charge is 0.188 e. The van der Waals surface area contributed by atoms with E-state index in [4.69, 9.17) is 15.2 Å². The third kappa shape index (κ3) is 8.97. The van der Waals surface area contributed by atoms with E-state index in [2.05, 4.69) is 20.2 Å². The Bertz CT molecular complexity index is 739. The van der Waals surface area contributed by atoms with Gasteiger partial charge in [0.15, 0.2) is 5.96 Å². The van der Waals surface area contributed by atoms with Crippen LogP contribution in [0.1, 0.15) is 17.7 Å². The van der Waals surface area contributed by atoms with Crippen LogP contribution in [0, 0.1) is 0 Å². The first-order valence-corrected chi connectivity index (χ1v) is 9.75. The van der Waals surface area contributed by atoms with Crippen molar-refractivity contribution in [2.75, 3.05) is 39.4 Å². The lowest BCUT2D eigenvalue weighted by atomic mass is 10.2. The third-order valence-electron chi connectivity index (χ3n) is 4.50. The second-order valence-corrected chi connectivity index (χ2v) is 6.69. The maximum absolute atomic E-state index is 5.98. The van der Waals surface area contributed by atoms with Crippen molar-refractivity contribution in [2.45, 2.75) is 19.6 Å². The number of morpholine rings is 1. The molecule has 8 heteroatoms. The third-order valence-corrected chi connectivity index (χ3v) is 4.50. The lowest BCUT2D eigenvalue weighted by Gasteiger charge is -2.26. The van der Waals surface area contributed by atoms with E-state index >= 15 is 0 Å². The minimum absolute atomic E-state index is 0.